The molecule has 0 radical (unpaired) electrons. The number of benzene rings is 2. The number of ketones is 1. The van der Waals surface area contributed by atoms with Crippen LogP contribution < -0.4 is 10.6 Å². The second-order valence-electron chi connectivity index (χ2n) is 7.22. The molecule has 5 nitrogen and oxygen atoms in total. The van der Waals surface area contributed by atoms with Crippen LogP contribution in [0.5, 0.6) is 0 Å². The van der Waals surface area contributed by atoms with E-state index in [9.17, 15) is 9.59 Å². The van der Waals surface area contributed by atoms with Gasteiger partial charge in [0.25, 0.3) is 0 Å². The maximum atomic E-state index is 12.6. The Morgan fingerprint density at radius 3 is 2.59 bits per heavy atom. The van der Waals surface area contributed by atoms with Crippen molar-refractivity contribution in [2.75, 3.05) is 13.1 Å². The number of aliphatic imine (C=N–C) groups is 1. The fourth-order valence-corrected chi connectivity index (χ4v) is 3.73. The first-order valence-corrected chi connectivity index (χ1v) is 9.50. The van der Waals surface area contributed by atoms with Crippen LogP contribution in [0.2, 0.25) is 0 Å². The topological polar surface area (TPSA) is 70.6 Å². The van der Waals surface area contributed by atoms with Crippen molar-refractivity contribution in [3.8, 4) is 0 Å². The second-order valence-corrected chi connectivity index (χ2v) is 7.22. The number of hydrogen-bond acceptors (Lipinski definition) is 4. The van der Waals surface area contributed by atoms with Crippen molar-refractivity contribution in [3.63, 3.8) is 0 Å². The summed E-state index contributed by atoms with van der Waals surface area (Å²) in [6.45, 7) is 1.98. The minimum atomic E-state index is 0.00166. The molecule has 0 bridgehead atoms. The minimum absolute atomic E-state index is 0.00166. The molecule has 5 heteroatoms. The zero-order chi connectivity index (χ0) is 18.6. The number of amides is 1. The third-order valence-corrected chi connectivity index (χ3v) is 5.21. The van der Waals surface area contributed by atoms with Crippen molar-refractivity contribution in [1.29, 1.82) is 0 Å². The quantitative estimate of drug-likeness (QED) is 0.823. The average molecular weight is 361 g/mol. The Hall–Kier alpha value is -2.79. The van der Waals surface area contributed by atoms with Crippen LogP contribution >= 0.6 is 0 Å². The Kier molecular flexibility index (Phi) is 5.12. The lowest BCUT2D eigenvalue weighted by atomic mass is 9.94. The fraction of sp³-hybridized carbons (Fsp3) is 0.318. The summed E-state index contributed by atoms with van der Waals surface area (Å²) in [7, 11) is 0. The summed E-state index contributed by atoms with van der Waals surface area (Å²) in [5.41, 5.74) is 3.13. The van der Waals surface area contributed by atoms with Crippen LogP contribution in [0.15, 0.2) is 53.5 Å². The largest absolute Gasteiger partial charge is 0.317 e. The van der Waals surface area contributed by atoms with Gasteiger partial charge in [-0.25, -0.2) is 4.99 Å². The van der Waals surface area contributed by atoms with Gasteiger partial charge in [0.2, 0.25) is 5.91 Å². The third-order valence-electron chi connectivity index (χ3n) is 5.21. The number of carbonyl (C=O) groups excluding carboxylic acids is 2. The lowest BCUT2D eigenvalue weighted by Gasteiger charge is -2.21. The molecular weight excluding hydrogens is 338 g/mol. The molecule has 0 saturated carbocycles. The van der Waals surface area contributed by atoms with Crippen molar-refractivity contribution < 1.29 is 9.59 Å². The zero-order valence-corrected chi connectivity index (χ0v) is 15.2. The fourth-order valence-electron chi connectivity index (χ4n) is 3.73. The van der Waals surface area contributed by atoms with Crippen molar-refractivity contribution in [3.05, 3.63) is 65.2 Å². The Labute approximate surface area is 158 Å². The van der Waals surface area contributed by atoms with E-state index in [1.165, 1.54) is 0 Å². The first kappa shape index (κ1) is 17.6. The van der Waals surface area contributed by atoms with Crippen LogP contribution in [0.1, 0.15) is 40.7 Å². The summed E-state index contributed by atoms with van der Waals surface area (Å²) in [4.78, 5) is 29.4. The molecule has 1 amide bonds. The van der Waals surface area contributed by atoms with Crippen LogP contribution in [0.4, 0.5) is 5.69 Å². The van der Waals surface area contributed by atoms with Crippen LogP contribution in [0, 0.1) is 5.92 Å². The van der Waals surface area contributed by atoms with E-state index in [0.717, 1.165) is 37.2 Å². The molecule has 4 rings (SSSR count). The Morgan fingerprint density at radius 1 is 1.04 bits per heavy atom. The molecule has 2 aliphatic rings. The molecule has 27 heavy (non-hydrogen) atoms. The van der Waals surface area contributed by atoms with Crippen molar-refractivity contribution in [2.45, 2.75) is 25.7 Å². The van der Waals surface area contributed by atoms with Crippen molar-refractivity contribution in [2.24, 2.45) is 10.9 Å². The molecule has 2 aromatic carbocycles. The van der Waals surface area contributed by atoms with E-state index in [1.807, 2.05) is 42.5 Å². The molecule has 0 aromatic heterocycles. The van der Waals surface area contributed by atoms with Gasteiger partial charge in [-0.1, -0.05) is 30.3 Å². The van der Waals surface area contributed by atoms with Crippen molar-refractivity contribution in [1.82, 2.24) is 10.6 Å². The average Bonchev–Trinajstić information content (AvgIpc) is 3.10. The standard InChI is InChI=1S/C22H23N3O2/c26-21(12-15-8-10-23-11-9-15)25-20-14-18-13-17(6-7-19(18)24-20)22(27)16-4-2-1-3-5-16/h1-7,13,15,23H,8-12,14H2,(H,24,25,26). The summed E-state index contributed by atoms with van der Waals surface area (Å²) in [6, 6.07) is 14.8. The van der Waals surface area contributed by atoms with Gasteiger partial charge in [0.1, 0.15) is 5.84 Å². The number of hydrogen-bond donors (Lipinski definition) is 2. The van der Waals surface area contributed by atoms with Gasteiger partial charge in [-0.05, 0) is 55.6 Å². The number of rotatable bonds is 4. The first-order chi connectivity index (χ1) is 13.2. The second kappa shape index (κ2) is 7.84. The molecule has 0 aliphatic carbocycles. The van der Waals surface area contributed by atoms with Crippen molar-refractivity contribution >= 4 is 23.2 Å². The highest BCUT2D eigenvalue weighted by molar-refractivity contribution is 6.10. The van der Waals surface area contributed by atoms with E-state index in [1.54, 1.807) is 6.07 Å². The first-order valence-electron chi connectivity index (χ1n) is 9.50. The normalized spacial score (nSPS) is 16.5. The molecule has 0 spiro atoms. The van der Waals surface area contributed by atoms with Crippen LogP contribution in [0.25, 0.3) is 0 Å². The number of amidine groups is 1. The summed E-state index contributed by atoms with van der Waals surface area (Å²) >= 11 is 0. The van der Waals surface area contributed by atoms with E-state index < -0.39 is 0 Å². The molecule has 2 heterocycles. The minimum Gasteiger partial charge on any atom is -0.317 e. The SMILES string of the molecule is O=C(CC1CCNCC1)NC1=Nc2ccc(C(=O)c3ccccc3)cc2C1. The molecule has 0 atom stereocenters. The molecule has 1 saturated heterocycles. The van der Waals surface area contributed by atoms with Crippen LogP contribution in [0.3, 0.4) is 0 Å². The predicted octanol–water partition coefficient (Wildman–Crippen LogP) is 3.01. The van der Waals surface area contributed by atoms with E-state index in [2.05, 4.69) is 15.6 Å². The van der Waals surface area contributed by atoms with Gasteiger partial charge >= 0.3 is 0 Å². The van der Waals surface area contributed by atoms with Gasteiger partial charge in [-0.3, -0.25) is 9.59 Å². The zero-order valence-electron chi connectivity index (χ0n) is 15.2. The Morgan fingerprint density at radius 2 is 1.81 bits per heavy atom. The Bertz CT molecular complexity index is 884. The predicted molar refractivity (Wildman–Crippen MR) is 105 cm³/mol. The maximum absolute atomic E-state index is 12.6. The molecule has 2 aliphatic heterocycles. The van der Waals surface area contributed by atoms with E-state index >= 15 is 0 Å². The van der Waals surface area contributed by atoms with Gasteiger partial charge in [0, 0.05) is 24.0 Å². The molecular formula is C22H23N3O2. The van der Waals surface area contributed by atoms with Gasteiger partial charge in [-0.2, -0.15) is 0 Å². The lowest BCUT2D eigenvalue weighted by Crippen LogP contribution is -2.35. The summed E-state index contributed by atoms with van der Waals surface area (Å²) in [5, 5.41) is 6.28. The molecule has 1 fully saturated rings. The van der Waals surface area contributed by atoms with Crippen LogP contribution in [-0.2, 0) is 11.2 Å². The molecule has 2 aromatic rings. The van der Waals surface area contributed by atoms with E-state index in [4.69, 9.17) is 0 Å². The molecule has 2 N–H and O–H groups in total. The highest BCUT2D eigenvalue weighted by Crippen LogP contribution is 2.28. The van der Waals surface area contributed by atoms with Gasteiger partial charge in [0.15, 0.2) is 5.78 Å². The summed E-state index contributed by atoms with van der Waals surface area (Å²) < 4.78 is 0. The Balaban J connectivity index is 1.39. The van der Waals surface area contributed by atoms with E-state index in [-0.39, 0.29) is 11.7 Å². The van der Waals surface area contributed by atoms with Gasteiger partial charge in [0.05, 0.1) is 5.69 Å². The van der Waals surface area contributed by atoms with Gasteiger partial charge in [-0.15, -0.1) is 0 Å². The summed E-state index contributed by atoms with van der Waals surface area (Å²) in [6.07, 6.45) is 3.20. The van der Waals surface area contributed by atoms with Gasteiger partial charge < -0.3 is 10.6 Å². The van der Waals surface area contributed by atoms with Crippen LogP contribution in [-0.4, -0.2) is 30.6 Å². The third kappa shape index (κ3) is 4.14. The van der Waals surface area contributed by atoms with E-state index in [0.29, 0.717) is 35.7 Å². The summed E-state index contributed by atoms with van der Waals surface area (Å²) in [5.74, 6) is 1.16. The molecule has 0 unspecified atom stereocenters. The number of fused-ring (bicyclic) bond motifs is 1. The number of carbonyl (C=O) groups is 2. The number of piperidine rings is 1. The highest BCUT2D eigenvalue weighted by Gasteiger charge is 2.21. The monoisotopic (exact) mass is 361 g/mol. The number of nitrogens with one attached hydrogen (secondary N) is 2. The smallest absolute Gasteiger partial charge is 0.225 e. The molecule has 138 valence electrons. The maximum Gasteiger partial charge on any atom is 0.225 e. The highest BCUT2D eigenvalue weighted by atomic mass is 16.1. The number of nitrogens with zero attached hydrogens (tertiary/aromatic N) is 1. The lowest BCUT2D eigenvalue weighted by molar-refractivity contribution is -0.120.